The van der Waals surface area contributed by atoms with Gasteiger partial charge in [-0.15, -0.1) is 0 Å². The van der Waals surface area contributed by atoms with E-state index in [4.69, 9.17) is 0 Å². The van der Waals surface area contributed by atoms with E-state index < -0.39 is 12.6 Å². The Morgan fingerprint density at radius 1 is 1.33 bits per heavy atom. The second-order valence-corrected chi connectivity index (χ2v) is 4.06. The molecule has 0 amide bonds. The van der Waals surface area contributed by atoms with Crippen LogP contribution >= 0.6 is 0 Å². The molecule has 0 aromatic rings. The second kappa shape index (κ2) is 5.49. The van der Waals surface area contributed by atoms with Crippen LogP contribution in [0, 0.1) is 5.92 Å². The number of carbonyl (C=O) groups is 1. The maximum absolute atomic E-state index is 12.0. The standard InChI is InChI=1S/C10H16F3NO/c11-10(12,13)4-6-14-5-2-1-3-9(7-14)8-15/h8-9H,1-7H2. The quantitative estimate of drug-likeness (QED) is 0.684. The molecule has 0 spiro atoms. The van der Waals surface area contributed by atoms with Crippen molar-refractivity contribution in [2.45, 2.75) is 31.9 Å². The molecule has 1 fully saturated rings. The van der Waals surface area contributed by atoms with E-state index in [1.807, 2.05) is 0 Å². The summed E-state index contributed by atoms with van der Waals surface area (Å²) in [5.41, 5.74) is 0. The van der Waals surface area contributed by atoms with E-state index in [0.717, 1.165) is 25.5 Å². The van der Waals surface area contributed by atoms with E-state index >= 15 is 0 Å². The normalized spacial score (nSPS) is 24.9. The average molecular weight is 223 g/mol. The summed E-state index contributed by atoms with van der Waals surface area (Å²) in [5.74, 6) is -0.0827. The summed E-state index contributed by atoms with van der Waals surface area (Å²) in [7, 11) is 0. The number of alkyl halides is 3. The SMILES string of the molecule is O=CC1CCCCN(CCC(F)(F)F)C1. The summed E-state index contributed by atoms with van der Waals surface area (Å²) in [4.78, 5) is 12.4. The van der Waals surface area contributed by atoms with Gasteiger partial charge < -0.3 is 9.69 Å². The average Bonchev–Trinajstić information content (AvgIpc) is 2.38. The third kappa shape index (κ3) is 5.16. The van der Waals surface area contributed by atoms with E-state index in [0.29, 0.717) is 13.1 Å². The number of carbonyl (C=O) groups excluding carboxylic acids is 1. The molecule has 1 aliphatic rings. The van der Waals surface area contributed by atoms with E-state index in [1.54, 1.807) is 4.90 Å². The van der Waals surface area contributed by atoms with Gasteiger partial charge in [0.25, 0.3) is 0 Å². The number of aldehydes is 1. The van der Waals surface area contributed by atoms with E-state index in [2.05, 4.69) is 0 Å². The predicted molar refractivity (Wildman–Crippen MR) is 50.5 cm³/mol. The van der Waals surface area contributed by atoms with E-state index in [1.165, 1.54) is 0 Å². The lowest BCUT2D eigenvalue weighted by atomic mass is 10.1. The predicted octanol–water partition coefficient (Wildman–Crippen LogP) is 2.24. The molecule has 1 heterocycles. The largest absolute Gasteiger partial charge is 0.390 e. The Morgan fingerprint density at radius 2 is 2.07 bits per heavy atom. The van der Waals surface area contributed by atoms with Crippen molar-refractivity contribution in [2.24, 2.45) is 5.92 Å². The molecule has 1 atom stereocenters. The Labute approximate surface area is 87.4 Å². The lowest BCUT2D eigenvalue weighted by Gasteiger charge is -2.22. The van der Waals surface area contributed by atoms with Crippen LogP contribution in [0.2, 0.25) is 0 Å². The van der Waals surface area contributed by atoms with Crippen LogP contribution in [0.1, 0.15) is 25.7 Å². The van der Waals surface area contributed by atoms with Crippen LogP contribution < -0.4 is 0 Å². The smallest absolute Gasteiger partial charge is 0.303 e. The number of rotatable bonds is 3. The molecule has 0 saturated carbocycles. The molecule has 0 aromatic carbocycles. The molecule has 5 heteroatoms. The summed E-state index contributed by atoms with van der Waals surface area (Å²) < 4.78 is 36.0. The number of likely N-dealkylation sites (tertiary alicyclic amines) is 1. The van der Waals surface area contributed by atoms with Gasteiger partial charge in [0.15, 0.2) is 0 Å². The van der Waals surface area contributed by atoms with Crippen LogP contribution in [0.4, 0.5) is 13.2 Å². The van der Waals surface area contributed by atoms with Gasteiger partial charge >= 0.3 is 6.18 Å². The maximum Gasteiger partial charge on any atom is 0.390 e. The third-order valence-electron chi connectivity index (χ3n) is 2.70. The molecule has 0 bridgehead atoms. The molecule has 1 aliphatic heterocycles. The molecule has 15 heavy (non-hydrogen) atoms. The lowest BCUT2D eigenvalue weighted by Crippen LogP contribution is -2.32. The van der Waals surface area contributed by atoms with Crippen molar-refractivity contribution in [3.63, 3.8) is 0 Å². The lowest BCUT2D eigenvalue weighted by molar-refractivity contribution is -0.138. The van der Waals surface area contributed by atoms with Gasteiger partial charge in [-0.25, -0.2) is 0 Å². The summed E-state index contributed by atoms with van der Waals surface area (Å²) in [6, 6.07) is 0. The Morgan fingerprint density at radius 3 is 2.67 bits per heavy atom. The van der Waals surface area contributed by atoms with Crippen molar-refractivity contribution < 1.29 is 18.0 Å². The minimum atomic E-state index is -4.09. The van der Waals surface area contributed by atoms with Gasteiger partial charge in [-0.2, -0.15) is 13.2 Å². The Bertz CT molecular complexity index is 205. The van der Waals surface area contributed by atoms with Gasteiger partial charge in [-0.1, -0.05) is 6.42 Å². The fourth-order valence-corrected chi connectivity index (χ4v) is 1.86. The van der Waals surface area contributed by atoms with Crippen LogP contribution in [-0.2, 0) is 4.79 Å². The highest BCUT2D eigenvalue weighted by atomic mass is 19.4. The molecular formula is C10H16F3NO. The molecule has 2 nitrogen and oxygen atoms in total. The molecule has 1 unspecified atom stereocenters. The van der Waals surface area contributed by atoms with Crippen molar-refractivity contribution in [3.8, 4) is 0 Å². The van der Waals surface area contributed by atoms with Crippen LogP contribution in [0.5, 0.6) is 0 Å². The first-order chi connectivity index (χ1) is 7.01. The van der Waals surface area contributed by atoms with Gasteiger partial charge in [0.1, 0.15) is 6.29 Å². The van der Waals surface area contributed by atoms with Crippen LogP contribution in [0.25, 0.3) is 0 Å². The first-order valence-electron chi connectivity index (χ1n) is 5.25. The van der Waals surface area contributed by atoms with Gasteiger partial charge in [0, 0.05) is 19.0 Å². The molecule has 1 saturated heterocycles. The van der Waals surface area contributed by atoms with E-state index in [-0.39, 0.29) is 12.5 Å². The molecule has 0 aliphatic carbocycles. The topological polar surface area (TPSA) is 20.3 Å². The molecule has 1 rings (SSSR count). The molecule has 0 aromatic heterocycles. The fourth-order valence-electron chi connectivity index (χ4n) is 1.86. The molecular weight excluding hydrogens is 207 g/mol. The maximum atomic E-state index is 12.0. The second-order valence-electron chi connectivity index (χ2n) is 4.06. The van der Waals surface area contributed by atoms with Crippen LogP contribution in [-0.4, -0.2) is 37.0 Å². The zero-order valence-corrected chi connectivity index (χ0v) is 8.59. The summed E-state index contributed by atoms with van der Waals surface area (Å²) in [6.45, 7) is 1.19. The number of halogens is 3. The van der Waals surface area contributed by atoms with Gasteiger partial charge in [0.2, 0.25) is 0 Å². The van der Waals surface area contributed by atoms with Crippen molar-refractivity contribution in [3.05, 3.63) is 0 Å². The Hall–Kier alpha value is -0.580. The van der Waals surface area contributed by atoms with E-state index in [9.17, 15) is 18.0 Å². The van der Waals surface area contributed by atoms with Gasteiger partial charge in [-0.05, 0) is 19.4 Å². The molecule has 88 valence electrons. The molecule has 0 radical (unpaired) electrons. The van der Waals surface area contributed by atoms with Crippen molar-refractivity contribution in [1.82, 2.24) is 4.90 Å². The highest BCUT2D eigenvalue weighted by Gasteiger charge is 2.28. The number of nitrogens with zero attached hydrogens (tertiary/aromatic N) is 1. The van der Waals surface area contributed by atoms with Crippen LogP contribution in [0.15, 0.2) is 0 Å². The summed E-state index contributed by atoms with van der Waals surface area (Å²) in [6.07, 6.45) is -1.37. The monoisotopic (exact) mass is 223 g/mol. The Kier molecular flexibility index (Phi) is 4.57. The summed E-state index contributed by atoms with van der Waals surface area (Å²) >= 11 is 0. The fraction of sp³-hybridized carbons (Fsp3) is 0.900. The van der Waals surface area contributed by atoms with Crippen molar-refractivity contribution in [2.75, 3.05) is 19.6 Å². The van der Waals surface area contributed by atoms with Crippen molar-refractivity contribution in [1.29, 1.82) is 0 Å². The first-order valence-corrected chi connectivity index (χ1v) is 5.25. The highest BCUT2D eigenvalue weighted by molar-refractivity contribution is 5.53. The first kappa shape index (κ1) is 12.5. The minimum Gasteiger partial charge on any atom is -0.303 e. The number of hydrogen-bond donors (Lipinski definition) is 0. The zero-order chi connectivity index (χ0) is 11.3. The molecule has 0 N–H and O–H groups in total. The minimum absolute atomic E-state index is 0.0217. The zero-order valence-electron chi connectivity index (χ0n) is 8.59. The van der Waals surface area contributed by atoms with Gasteiger partial charge in [-0.3, -0.25) is 0 Å². The number of hydrogen-bond acceptors (Lipinski definition) is 2. The summed E-state index contributed by atoms with van der Waals surface area (Å²) in [5, 5.41) is 0. The van der Waals surface area contributed by atoms with Crippen LogP contribution in [0.3, 0.4) is 0 Å². The third-order valence-corrected chi connectivity index (χ3v) is 2.70. The highest BCUT2D eigenvalue weighted by Crippen LogP contribution is 2.21. The Balaban J connectivity index is 2.36. The van der Waals surface area contributed by atoms with Gasteiger partial charge in [0.05, 0.1) is 6.42 Å². The van der Waals surface area contributed by atoms with Crippen molar-refractivity contribution >= 4 is 6.29 Å².